The van der Waals surface area contributed by atoms with Crippen molar-refractivity contribution in [2.45, 2.75) is 49.6 Å². The van der Waals surface area contributed by atoms with Crippen molar-refractivity contribution >= 4 is 43.1 Å². The normalized spacial score (nSPS) is 23.3. The fraction of sp³-hybridized carbons (Fsp3) is 0.452. The van der Waals surface area contributed by atoms with Crippen LogP contribution in [0.5, 0.6) is 6.01 Å². The molecule has 8 nitrogen and oxygen atoms in total. The van der Waals surface area contributed by atoms with Crippen LogP contribution < -0.4 is 15.4 Å². The van der Waals surface area contributed by atoms with Gasteiger partial charge in [-0.1, -0.05) is 6.07 Å². The number of nitrogens with two attached hydrogens (primary N) is 1. The highest BCUT2D eigenvalue weighted by molar-refractivity contribution is 7.23. The van der Waals surface area contributed by atoms with E-state index in [9.17, 15) is 27.2 Å². The van der Waals surface area contributed by atoms with Crippen LogP contribution in [0, 0.1) is 23.0 Å². The van der Waals surface area contributed by atoms with Gasteiger partial charge in [0.15, 0.2) is 5.82 Å². The van der Waals surface area contributed by atoms with E-state index in [0.29, 0.717) is 37.3 Å². The highest BCUT2D eigenvalue weighted by Crippen LogP contribution is 2.48. The number of halogens is 6. The van der Waals surface area contributed by atoms with Gasteiger partial charge in [-0.2, -0.15) is 28.4 Å². The molecule has 0 radical (unpaired) electrons. The fourth-order valence-corrected chi connectivity index (χ4v) is 8.12. The van der Waals surface area contributed by atoms with Crippen molar-refractivity contribution < 1.29 is 35.8 Å². The molecule has 2 aromatic heterocycles. The molecular weight excluding hydrogens is 634 g/mol. The number of thiophene rings is 1. The van der Waals surface area contributed by atoms with Gasteiger partial charge in [-0.15, -0.1) is 11.3 Å². The first-order valence-corrected chi connectivity index (χ1v) is 15.6. The molecule has 7 rings (SSSR count). The second-order valence-electron chi connectivity index (χ2n) is 12.1. The number of nitriles is 1. The molecular formula is C31H28F6N6O2S. The molecule has 5 heterocycles. The summed E-state index contributed by atoms with van der Waals surface area (Å²) in [5, 5.41) is 9.22. The van der Waals surface area contributed by atoms with E-state index in [4.69, 9.17) is 15.2 Å². The van der Waals surface area contributed by atoms with Gasteiger partial charge < -0.3 is 20.1 Å². The summed E-state index contributed by atoms with van der Waals surface area (Å²) in [7, 11) is 1.63. The largest absolute Gasteiger partial charge is 0.461 e. The summed E-state index contributed by atoms with van der Waals surface area (Å²) in [4.78, 5) is 12.4. The monoisotopic (exact) mass is 662 g/mol. The number of aromatic nitrogens is 2. The van der Waals surface area contributed by atoms with Crippen LogP contribution in [0.25, 0.3) is 32.1 Å². The topological polar surface area (TPSA) is 101 Å². The molecule has 15 heteroatoms. The van der Waals surface area contributed by atoms with Crippen molar-refractivity contribution in [1.29, 1.82) is 5.26 Å². The van der Waals surface area contributed by atoms with Gasteiger partial charge in [0.05, 0.1) is 34.0 Å². The number of hydrogen-bond acceptors (Lipinski definition) is 9. The lowest BCUT2D eigenvalue weighted by atomic mass is 9.92. The van der Waals surface area contributed by atoms with Gasteiger partial charge in [-0.05, 0) is 43.5 Å². The third-order valence-corrected chi connectivity index (χ3v) is 10.4. The Labute approximate surface area is 263 Å². The van der Waals surface area contributed by atoms with Crippen molar-refractivity contribution in [2.24, 2.45) is 0 Å². The molecule has 3 saturated heterocycles. The first kappa shape index (κ1) is 30.8. The lowest BCUT2D eigenvalue weighted by Gasteiger charge is -2.31. The third kappa shape index (κ3) is 4.89. The van der Waals surface area contributed by atoms with Gasteiger partial charge in [0, 0.05) is 43.0 Å². The Morgan fingerprint density at radius 2 is 2.09 bits per heavy atom. The number of rotatable bonds is 6. The van der Waals surface area contributed by atoms with Crippen molar-refractivity contribution in [3.05, 3.63) is 41.0 Å². The maximum atomic E-state index is 16.9. The summed E-state index contributed by atoms with van der Waals surface area (Å²) >= 11 is 0.692. The molecule has 0 aliphatic carbocycles. The van der Waals surface area contributed by atoms with E-state index in [-0.39, 0.29) is 75.6 Å². The Kier molecular flexibility index (Phi) is 7.45. The molecule has 0 amide bonds. The number of anilines is 2. The van der Waals surface area contributed by atoms with Crippen molar-refractivity contribution in [1.82, 2.24) is 14.9 Å². The van der Waals surface area contributed by atoms with E-state index in [2.05, 4.69) is 9.97 Å². The van der Waals surface area contributed by atoms with E-state index < -0.39 is 46.2 Å². The molecule has 3 atom stereocenters. The highest BCUT2D eigenvalue weighted by atomic mass is 32.1. The van der Waals surface area contributed by atoms with Crippen molar-refractivity contribution in [3.8, 4) is 23.2 Å². The molecule has 4 aromatic rings. The van der Waals surface area contributed by atoms with Crippen LogP contribution >= 0.6 is 11.3 Å². The second-order valence-corrected chi connectivity index (χ2v) is 13.1. The summed E-state index contributed by atoms with van der Waals surface area (Å²) in [6.07, 6.45) is -3.74. The smallest absolute Gasteiger partial charge is 0.417 e. The molecule has 0 spiro atoms. The van der Waals surface area contributed by atoms with E-state index in [1.165, 1.54) is 0 Å². The van der Waals surface area contributed by atoms with Gasteiger partial charge >= 0.3 is 12.2 Å². The minimum absolute atomic E-state index is 0.00348. The average molecular weight is 663 g/mol. The number of hydrogen-bond donors (Lipinski definition) is 1. The summed E-state index contributed by atoms with van der Waals surface area (Å²) in [6, 6.07) is 3.98. The van der Waals surface area contributed by atoms with Gasteiger partial charge in [0.25, 0.3) is 0 Å². The predicted octanol–water partition coefficient (Wildman–Crippen LogP) is 6.44. The minimum Gasteiger partial charge on any atom is -0.461 e. The SMILES string of the molecule is CN(c1nc(OCC23CCCN2CC(F)C3)nc2c(F)c(-c3ccc(F)c4sc(N)c(C#N)c34)c(C(F)(F)F)cc12)C1CCOC1. The quantitative estimate of drug-likeness (QED) is 0.236. The Morgan fingerprint density at radius 1 is 1.28 bits per heavy atom. The number of nitrogen functional groups attached to an aromatic ring is 1. The highest BCUT2D eigenvalue weighted by Gasteiger charge is 2.49. The molecule has 2 N–H and O–H groups in total. The van der Waals surface area contributed by atoms with Gasteiger partial charge in [-0.25, -0.2) is 13.2 Å². The van der Waals surface area contributed by atoms with Crippen LogP contribution in [-0.2, 0) is 10.9 Å². The zero-order valence-electron chi connectivity index (χ0n) is 24.6. The number of alkyl halides is 4. The number of likely N-dealkylation sites (N-methyl/N-ethyl adjacent to an activating group) is 1. The van der Waals surface area contributed by atoms with Crippen LogP contribution in [0.1, 0.15) is 36.8 Å². The average Bonchev–Trinajstić information content (AvgIpc) is 3.79. The van der Waals surface area contributed by atoms with Gasteiger partial charge in [0.2, 0.25) is 0 Å². The van der Waals surface area contributed by atoms with E-state index in [1.54, 1.807) is 11.9 Å². The second kappa shape index (κ2) is 11.1. The predicted molar refractivity (Wildman–Crippen MR) is 161 cm³/mol. The standard InChI is InChI=1S/C31H28F6N6O2S/c1-42(16-5-8-44-13-16)28-18-9-20(31(35,36)37)23(17-3-4-21(33)26-22(17)19(11-38)27(39)46-26)24(34)25(18)40-29(41-28)45-14-30-6-2-7-43(30)12-15(32)10-30/h3-4,9,15-16H,2,5-8,10,12-14,39H2,1H3. The Bertz CT molecular complexity index is 1910. The maximum absolute atomic E-state index is 16.9. The van der Waals surface area contributed by atoms with Crippen LogP contribution in [0.4, 0.5) is 37.2 Å². The third-order valence-electron chi connectivity index (χ3n) is 9.41. The molecule has 46 heavy (non-hydrogen) atoms. The zero-order chi connectivity index (χ0) is 32.5. The molecule has 242 valence electrons. The Morgan fingerprint density at radius 3 is 2.80 bits per heavy atom. The van der Waals surface area contributed by atoms with E-state index in [1.807, 2.05) is 11.0 Å². The number of benzene rings is 2. The van der Waals surface area contributed by atoms with Crippen LogP contribution in [0.2, 0.25) is 0 Å². The summed E-state index contributed by atoms with van der Waals surface area (Å²) in [6.45, 7) is 1.72. The van der Waals surface area contributed by atoms with Crippen LogP contribution in [0.3, 0.4) is 0 Å². The number of nitrogens with zero attached hydrogens (tertiary/aromatic N) is 5. The fourth-order valence-electron chi connectivity index (χ4n) is 7.17. The van der Waals surface area contributed by atoms with Crippen LogP contribution in [-0.4, -0.2) is 72.6 Å². The Balaban J connectivity index is 1.46. The lowest BCUT2D eigenvalue weighted by molar-refractivity contribution is -0.137. The maximum Gasteiger partial charge on any atom is 0.417 e. The van der Waals surface area contributed by atoms with E-state index >= 15 is 4.39 Å². The molecule has 3 aliphatic heterocycles. The number of ether oxygens (including phenoxy) is 2. The minimum atomic E-state index is -5.07. The molecule has 0 saturated carbocycles. The first-order chi connectivity index (χ1) is 21.9. The summed E-state index contributed by atoms with van der Waals surface area (Å²) < 4.78 is 102. The lowest BCUT2D eigenvalue weighted by Crippen LogP contribution is -2.43. The zero-order valence-corrected chi connectivity index (χ0v) is 25.4. The van der Waals surface area contributed by atoms with Crippen LogP contribution in [0.15, 0.2) is 18.2 Å². The molecule has 3 fully saturated rings. The summed E-state index contributed by atoms with van der Waals surface area (Å²) in [5.74, 6) is -2.15. The van der Waals surface area contributed by atoms with Crippen molar-refractivity contribution in [3.63, 3.8) is 0 Å². The molecule has 0 bridgehead atoms. The number of fused-ring (bicyclic) bond motifs is 3. The first-order valence-electron chi connectivity index (χ1n) is 14.8. The molecule has 3 aliphatic rings. The van der Waals surface area contributed by atoms with E-state index in [0.717, 1.165) is 24.6 Å². The van der Waals surface area contributed by atoms with Crippen molar-refractivity contribution in [2.75, 3.05) is 50.6 Å². The molecule has 3 unspecified atom stereocenters. The summed E-state index contributed by atoms with van der Waals surface area (Å²) in [5.41, 5.74) is 2.03. The molecule has 2 aromatic carbocycles. The van der Waals surface area contributed by atoms with Gasteiger partial charge in [0.1, 0.15) is 41.0 Å². The Hall–Kier alpha value is -3.87. The van der Waals surface area contributed by atoms with Gasteiger partial charge in [-0.3, -0.25) is 4.90 Å².